The molecule has 8 heteroatoms. The summed E-state index contributed by atoms with van der Waals surface area (Å²) in [5.74, 6) is 0.813. The lowest BCUT2D eigenvalue weighted by Crippen LogP contribution is -2.42. The fraction of sp³-hybridized carbons (Fsp3) is 0.565. The van der Waals surface area contributed by atoms with Crippen LogP contribution in [0.5, 0.6) is 11.8 Å². The average molecular weight is 430 g/mol. The number of benzene rings is 1. The van der Waals surface area contributed by atoms with Gasteiger partial charge in [0.05, 0.1) is 12.6 Å². The molecular formula is C23H30FN4O3+. The molecule has 0 aliphatic carbocycles. The highest BCUT2D eigenvalue weighted by molar-refractivity contribution is 5.93. The molecule has 1 fully saturated rings. The van der Waals surface area contributed by atoms with Crippen LogP contribution in [0, 0.1) is 10.7 Å². The third-order valence-corrected chi connectivity index (χ3v) is 6.13. The molecule has 7 nitrogen and oxygen atoms in total. The quantitative estimate of drug-likeness (QED) is 0.544. The fourth-order valence-corrected chi connectivity index (χ4v) is 4.51. The maximum Gasteiger partial charge on any atom is 0.398 e. The van der Waals surface area contributed by atoms with Gasteiger partial charge in [-0.2, -0.15) is 4.57 Å². The molecular weight excluding hydrogens is 399 g/mol. The van der Waals surface area contributed by atoms with Crippen LogP contribution < -0.4 is 9.64 Å². The van der Waals surface area contributed by atoms with Crippen LogP contribution in [0.2, 0.25) is 0 Å². The zero-order chi connectivity index (χ0) is 22.0. The van der Waals surface area contributed by atoms with Gasteiger partial charge in [0, 0.05) is 12.6 Å². The molecule has 0 bridgehead atoms. The molecule has 31 heavy (non-hydrogen) atoms. The van der Waals surface area contributed by atoms with E-state index in [1.54, 1.807) is 16.7 Å². The Hall–Kier alpha value is -2.77. The topological polar surface area (TPSA) is 67.4 Å². The van der Waals surface area contributed by atoms with E-state index >= 15 is 0 Å². The summed E-state index contributed by atoms with van der Waals surface area (Å²) in [6.07, 6.45) is 5.63. The molecule has 0 radical (unpaired) electrons. The number of nitrogens with zero attached hydrogens (tertiary/aromatic N) is 4. The number of hydrogen-bond donors (Lipinski definition) is 0. The summed E-state index contributed by atoms with van der Waals surface area (Å²) >= 11 is 0. The number of hydrogen-bond acceptors (Lipinski definition) is 5. The molecule has 0 saturated carbocycles. The van der Waals surface area contributed by atoms with Crippen LogP contribution in [0.4, 0.5) is 16.0 Å². The average Bonchev–Trinajstić information content (AvgIpc) is 3.35. The maximum absolute atomic E-state index is 13.7. The van der Waals surface area contributed by atoms with Crippen LogP contribution in [-0.2, 0) is 11.3 Å². The number of anilines is 1. The summed E-state index contributed by atoms with van der Waals surface area (Å²) in [5, 5.41) is 0. The van der Waals surface area contributed by atoms with Gasteiger partial charge in [-0.05, 0) is 49.0 Å². The summed E-state index contributed by atoms with van der Waals surface area (Å²) in [7, 11) is 0. The van der Waals surface area contributed by atoms with Crippen molar-refractivity contribution < 1.29 is 18.7 Å². The highest BCUT2D eigenvalue weighted by atomic mass is 19.1. The zero-order valence-corrected chi connectivity index (χ0v) is 18.2. The van der Waals surface area contributed by atoms with E-state index in [2.05, 4.69) is 18.8 Å². The van der Waals surface area contributed by atoms with Crippen molar-refractivity contribution in [2.24, 2.45) is 0 Å². The van der Waals surface area contributed by atoms with Gasteiger partial charge in [0.25, 0.3) is 0 Å². The first kappa shape index (κ1) is 21.5. The highest BCUT2D eigenvalue weighted by Gasteiger charge is 2.50. The number of ether oxygens (including phenoxy) is 1. The van der Waals surface area contributed by atoms with Crippen molar-refractivity contribution >= 4 is 17.4 Å². The van der Waals surface area contributed by atoms with E-state index in [1.165, 1.54) is 12.1 Å². The van der Waals surface area contributed by atoms with Gasteiger partial charge in [-0.1, -0.05) is 37.7 Å². The Morgan fingerprint density at radius 1 is 1.26 bits per heavy atom. The van der Waals surface area contributed by atoms with Crippen molar-refractivity contribution in [3.8, 4) is 11.8 Å². The van der Waals surface area contributed by atoms with Gasteiger partial charge in [0.15, 0.2) is 0 Å². The first-order chi connectivity index (χ1) is 15.0. The number of aromatic nitrogens is 2. The van der Waals surface area contributed by atoms with Crippen LogP contribution in [0.15, 0.2) is 24.3 Å². The molecule has 2 aliphatic rings. The van der Waals surface area contributed by atoms with E-state index < -0.39 is 11.9 Å². The minimum absolute atomic E-state index is 0.00593. The van der Waals surface area contributed by atoms with E-state index in [-0.39, 0.29) is 17.8 Å². The first-order valence-corrected chi connectivity index (χ1v) is 11.4. The Kier molecular flexibility index (Phi) is 6.34. The molecule has 1 aromatic carbocycles. The second-order valence-electron chi connectivity index (χ2n) is 8.34. The largest absolute Gasteiger partial charge is 0.408 e. The molecule has 0 amide bonds. The van der Waals surface area contributed by atoms with Crippen LogP contribution in [0.3, 0.4) is 0 Å². The molecule has 2 aromatic rings. The monoisotopic (exact) mass is 429 g/mol. The molecule has 1 aromatic heterocycles. The molecule has 1 saturated heterocycles. The van der Waals surface area contributed by atoms with Gasteiger partial charge >= 0.3 is 11.8 Å². The Bertz CT molecular complexity index is 974. The standard InChI is InChI=1S/C23H30FN4O3/c1-3-5-11-19-20(29)18-12-8-14-26(18)21-22(28(19)30)27(13-6-4-2)23(25-21)31-17-10-7-9-16(24)15-17/h7,9-10,15,18-19H,3-6,8,11-14H2,1-2H3/q+1/t18-,19?/m0/s1. The number of carbonyl (C=O) groups excluding carboxylic acids is 1. The number of fused-ring (bicyclic) bond motifs is 3. The molecule has 3 heterocycles. The Morgan fingerprint density at radius 3 is 2.81 bits per heavy atom. The summed E-state index contributed by atoms with van der Waals surface area (Å²) in [6, 6.07) is 5.11. The van der Waals surface area contributed by atoms with E-state index in [1.807, 2.05) is 4.90 Å². The lowest BCUT2D eigenvalue weighted by atomic mass is 9.99. The van der Waals surface area contributed by atoms with Crippen molar-refractivity contribution in [3.63, 3.8) is 0 Å². The van der Waals surface area contributed by atoms with Gasteiger partial charge in [0.1, 0.15) is 11.6 Å². The second-order valence-corrected chi connectivity index (χ2v) is 8.34. The van der Waals surface area contributed by atoms with E-state index in [4.69, 9.17) is 4.74 Å². The predicted octanol–water partition coefficient (Wildman–Crippen LogP) is 5.14. The van der Waals surface area contributed by atoms with Gasteiger partial charge in [-0.25, -0.2) is 4.39 Å². The molecule has 2 atom stereocenters. The fourth-order valence-electron chi connectivity index (χ4n) is 4.51. The smallest absolute Gasteiger partial charge is 0.398 e. The molecule has 0 N–H and O–H groups in total. The highest BCUT2D eigenvalue weighted by Crippen LogP contribution is 2.42. The van der Waals surface area contributed by atoms with Crippen molar-refractivity contribution in [2.45, 2.75) is 77.4 Å². The summed E-state index contributed by atoms with van der Waals surface area (Å²) in [6.45, 7) is 5.35. The Morgan fingerprint density at radius 2 is 2.06 bits per heavy atom. The number of rotatable bonds is 8. The number of Topliss-reactive ketones (excluding diaryl/α,β-unsaturated/α-hetero) is 1. The Balaban J connectivity index is 1.81. The van der Waals surface area contributed by atoms with E-state index in [9.17, 15) is 14.1 Å². The lowest BCUT2D eigenvalue weighted by Gasteiger charge is -2.20. The van der Waals surface area contributed by atoms with Crippen LogP contribution >= 0.6 is 0 Å². The van der Waals surface area contributed by atoms with Gasteiger partial charge in [-0.15, -0.1) is 4.98 Å². The number of nitroso groups, excluding NO2 is 1. The van der Waals surface area contributed by atoms with Crippen LogP contribution in [0.25, 0.3) is 0 Å². The number of halogens is 1. The Labute approximate surface area is 181 Å². The summed E-state index contributed by atoms with van der Waals surface area (Å²) in [4.78, 5) is 33.5. The van der Waals surface area contributed by atoms with Gasteiger partial charge < -0.3 is 9.64 Å². The third kappa shape index (κ3) is 4.07. The number of ketones is 1. The molecule has 4 rings (SSSR count). The third-order valence-electron chi connectivity index (χ3n) is 6.13. The van der Waals surface area contributed by atoms with Crippen molar-refractivity contribution in [1.82, 2.24) is 9.55 Å². The number of carbonyl (C=O) groups is 1. The van der Waals surface area contributed by atoms with Crippen molar-refractivity contribution in [2.75, 3.05) is 11.4 Å². The van der Waals surface area contributed by atoms with E-state index in [0.717, 1.165) is 43.3 Å². The van der Waals surface area contributed by atoms with Crippen LogP contribution in [-0.4, -0.2) is 38.7 Å². The van der Waals surface area contributed by atoms with Gasteiger partial charge in [0.2, 0.25) is 17.6 Å². The summed E-state index contributed by atoms with van der Waals surface area (Å²) in [5.41, 5.74) is 0. The molecule has 1 unspecified atom stereocenters. The minimum atomic E-state index is -0.717. The number of unbranched alkanes of at least 4 members (excludes halogenated alkanes) is 2. The summed E-state index contributed by atoms with van der Waals surface area (Å²) < 4.78 is 22.3. The number of imidazole rings is 1. The maximum atomic E-state index is 13.7. The van der Waals surface area contributed by atoms with Crippen molar-refractivity contribution in [3.05, 3.63) is 35.0 Å². The molecule has 0 spiro atoms. The normalized spacial score (nSPS) is 20.5. The lowest BCUT2D eigenvalue weighted by molar-refractivity contribution is -0.496. The molecule has 2 aliphatic heterocycles. The zero-order valence-electron chi connectivity index (χ0n) is 18.2. The SMILES string of the molecule is CCCCC1C(=O)[C@@H]2CCCN2c2nc(Oc3cccc(F)c3)n(CCCC)c2[N+]1=O. The van der Waals surface area contributed by atoms with E-state index in [0.29, 0.717) is 36.9 Å². The first-order valence-electron chi connectivity index (χ1n) is 11.4. The van der Waals surface area contributed by atoms with Gasteiger partial charge in [-0.3, -0.25) is 4.79 Å². The minimum Gasteiger partial charge on any atom is -0.408 e. The second kappa shape index (κ2) is 9.16. The van der Waals surface area contributed by atoms with Crippen molar-refractivity contribution in [1.29, 1.82) is 0 Å². The van der Waals surface area contributed by atoms with Crippen LogP contribution in [0.1, 0.15) is 58.8 Å². The molecule has 166 valence electrons. The predicted molar refractivity (Wildman–Crippen MR) is 116 cm³/mol.